The molecule has 4 aromatic heterocycles. The molecule has 121 heavy (non-hydrogen) atoms. The lowest BCUT2D eigenvalue weighted by Crippen LogP contribution is -2.60. The molecule has 7 amide bonds. The van der Waals surface area contributed by atoms with Crippen LogP contribution in [-0.2, 0) is 102 Å². The van der Waals surface area contributed by atoms with Crippen LogP contribution in [0.2, 0.25) is 0 Å². The number of imide groups is 1. The predicted molar refractivity (Wildman–Crippen MR) is 433 cm³/mol. The van der Waals surface area contributed by atoms with E-state index >= 15 is 0 Å². The number of hydrogen-bond donors (Lipinski definition) is 11. The number of carboxylic acid groups (broad SMARTS) is 2. The number of aliphatic hydroxyl groups is 3. The van der Waals surface area contributed by atoms with Crippen molar-refractivity contribution in [3.05, 3.63) is 142 Å². The third kappa shape index (κ3) is 17.9. The molecular formula is C81H96N14O23S3. The van der Waals surface area contributed by atoms with Crippen molar-refractivity contribution >= 4 is 112 Å². The Balaban J connectivity index is 0.640. The van der Waals surface area contributed by atoms with E-state index in [-0.39, 0.29) is 89.2 Å². The van der Waals surface area contributed by atoms with Crippen molar-refractivity contribution in [2.24, 2.45) is 27.6 Å². The zero-order valence-electron chi connectivity index (χ0n) is 67.1. The number of carboxylic acids is 2. The molecule has 7 aromatic rings. The normalized spacial score (nSPS) is 25.4. The van der Waals surface area contributed by atoms with Crippen LogP contribution in [0.15, 0.2) is 97.3 Å². The number of nitrogens with one attached hydrogen (secondary N) is 4. The topological polar surface area (TPSA) is 523 Å². The summed E-state index contributed by atoms with van der Waals surface area (Å²) in [6, 6.07) is 17.1. The number of aryl methyl sites for hydroxylation is 2. The van der Waals surface area contributed by atoms with Gasteiger partial charge in [0.1, 0.15) is 48.5 Å². The van der Waals surface area contributed by atoms with E-state index < -0.39 is 159 Å². The number of hydrogen-bond acceptors (Lipinski definition) is 26. The van der Waals surface area contributed by atoms with Crippen LogP contribution in [0.3, 0.4) is 0 Å². The first-order valence-electron chi connectivity index (χ1n) is 39.8. The first-order valence-corrected chi connectivity index (χ1v) is 43.8. The summed E-state index contributed by atoms with van der Waals surface area (Å²) >= 11 is 1.38. The second-order valence-corrected chi connectivity index (χ2v) is 38.1. The molecule has 646 valence electrons. The molecule has 3 aromatic carbocycles. The zero-order chi connectivity index (χ0) is 86.8. The second kappa shape index (κ2) is 33.7. The van der Waals surface area contributed by atoms with E-state index in [1.54, 1.807) is 38.2 Å². The van der Waals surface area contributed by atoms with Crippen LogP contribution < -0.4 is 26.2 Å². The van der Waals surface area contributed by atoms with Crippen LogP contribution in [0.5, 0.6) is 0 Å². The molecule has 13 atom stereocenters. The molecule has 7 heterocycles. The lowest BCUT2D eigenvalue weighted by Gasteiger charge is -2.65. The maximum Gasteiger partial charge on any atom is 0.410 e. The lowest BCUT2D eigenvalue weighted by molar-refractivity contribution is -0.228. The average Bonchev–Trinajstić information content (AvgIpc) is 1.45. The molecular weight excluding hydrogens is 1630 g/mol. The van der Waals surface area contributed by atoms with Crippen LogP contribution in [0, 0.1) is 34.5 Å². The van der Waals surface area contributed by atoms with Gasteiger partial charge in [0.2, 0.25) is 17.7 Å². The van der Waals surface area contributed by atoms with Crippen LogP contribution in [0.1, 0.15) is 153 Å². The average molecular weight is 1730 g/mol. The molecule has 6 unspecified atom stereocenters. The smallest absolute Gasteiger partial charge is 0.410 e. The Bertz CT molecular complexity index is 5510. The van der Waals surface area contributed by atoms with Crippen LogP contribution in [0.25, 0.3) is 21.3 Å². The van der Waals surface area contributed by atoms with Gasteiger partial charge in [-0.05, 0) is 170 Å². The van der Waals surface area contributed by atoms with Gasteiger partial charge in [-0.15, -0.1) is 5.10 Å². The highest BCUT2D eigenvalue weighted by Crippen LogP contribution is 2.90. The van der Waals surface area contributed by atoms with Crippen molar-refractivity contribution in [1.29, 1.82) is 0 Å². The molecule has 11 N–H and O–H groups in total. The van der Waals surface area contributed by atoms with E-state index in [0.717, 1.165) is 68.3 Å². The van der Waals surface area contributed by atoms with Crippen molar-refractivity contribution < 1.29 is 109 Å². The molecule has 1 saturated heterocycles. The Kier molecular flexibility index (Phi) is 24.2. The Labute approximate surface area is 699 Å². The minimum absolute atomic E-state index is 0.0344. The van der Waals surface area contributed by atoms with Crippen LogP contribution in [-0.4, -0.2) is 235 Å². The number of aromatic carboxylic acids is 1. The second-order valence-electron chi connectivity index (χ2n) is 34.0. The molecule has 5 fully saturated rings. The van der Waals surface area contributed by atoms with Crippen molar-refractivity contribution in [2.75, 3.05) is 53.3 Å². The summed E-state index contributed by atoms with van der Waals surface area (Å²) in [5.74, 6) is -8.85. The molecule has 3 bridgehead atoms. The van der Waals surface area contributed by atoms with Crippen molar-refractivity contribution in [2.45, 2.75) is 193 Å². The summed E-state index contributed by atoms with van der Waals surface area (Å²) in [6.45, 7) is 11.0. The van der Waals surface area contributed by atoms with Gasteiger partial charge >= 0.3 is 18.0 Å². The number of benzene rings is 3. The Morgan fingerprint density at radius 1 is 0.793 bits per heavy atom. The number of amides is 7. The number of nitrogens with zero attached hydrogens (tertiary/aromatic N) is 10. The SMILES string of the molecule is Cc1c(-c2ccc(N3CCc4cccc(C(=O)Nc5nc6ccccc6s5)c4C3)nc2C(=O)O)cnn1CC12CC3(OCCN(CCS(=O)(=O)O)C(=O)OCc4ccc(NC(=O)[C@H](C)NC(=O)[C@@H](NC(=O)CC(c5cn(CCCS(=O)(=O)O)nn5)N5C(=O)C=CC5=O)C(C)C)cc4CC[C@@H]4O[C@H](C(=O)O)[C@@H](O)[C@H](O)[C@H]4O)CC4(C)CC(C)(C1)C2(C4)C3. The number of anilines is 3. The van der Waals surface area contributed by atoms with E-state index in [0.29, 0.717) is 78.5 Å². The fourth-order valence-corrected chi connectivity index (χ4v) is 21.9. The van der Waals surface area contributed by atoms with E-state index in [1.807, 2.05) is 52.9 Å². The van der Waals surface area contributed by atoms with Crippen molar-refractivity contribution in [1.82, 2.24) is 55.2 Å². The molecule has 1 spiro atoms. The fourth-order valence-electron chi connectivity index (χ4n) is 20.1. The summed E-state index contributed by atoms with van der Waals surface area (Å²) in [5, 5.41) is 77.2. The third-order valence-corrected chi connectivity index (χ3v) is 27.6. The number of aromatic nitrogens is 7. The zero-order valence-corrected chi connectivity index (χ0v) is 69.6. The number of pyridine rings is 1. The summed E-state index contributed by atoms with van der Waals surface area (Å²) in [7, 11) is -8.98. The Morgan fingerprint density at radius 2 is 1.55 bits per heavy atom. The first kappa shape index (κ1) is 86.8. The molecule has 4 aliphatic carbocycles. The van der Waals surface area contributed by atoms with E-state index in [2.05, 4.69) is 50.4 Å². The summed E-state index contributed by atoms with van der Waals surface area (Å²) in [6.07, 6.45) is -0.949. The number of aliphatic hydroxyl groups excluding tert-OH is 3. The highest BCUT2D eigenvalue weighted by atomic mass is 32.2. The number of fused-ring (bicyclic) bond motifs is 4. The summed E-state index contributed by atoms with van der Waals surface area (Å²) in [4.78, 5) is 135. The highest BCUT2D eigenvalue weighted by Gasteiger charge is 2.85. The highest BCUT2D eigenvalue weighted by molar-refractivity contribution is 7.86. The first-order chi connectivity index (χ1) is 57.1. The third-order valence-electron chi connectivity index (χ3n) is 25.1. The molecule has 14 rings (SSSR count). The molecule has 37 nitrogen and oxygen atoms in total. The van der Waals surface area contributed by atoms with Gasteiger partial charge in [0.25, 0.3) is 38.0 Å². The van der Waals surface area contributed by atoms with Gasteiger partial charge < -0.3 is 65.5 Å². The van der Waals surface area contributed by atoms with Gasteiger partial charge in [0.15, 0.2) is 16.9 Å². The number of ether oxygens (including phenoxy) is 3. The number of carbonyl (C=O) groups excluding carboxylic acids is 7. The summed E-state index contributed by atoms with van der Waals surface area (Å²) < 4.78 is 89.4. The van der Waals surface area contributed by atoms with Crippen molar-refractivity contribution in [3.8, 4) is 11.1 Å². The number of aliphatic carboxylic acids is 1. The fraction of sp³-hybridized carbons (Fsp3) is 0.506. The number of para-hydroxylation sites is 1. The maximum atomic E-state index is 14.5. The monoisotopic (exact) mass is 1730 g/mol. The maximum absolute atomic E-state index is 14.5. The quantitative estimate of drug-likeness (QED) is 0.0177. The van der Waals surface area contributed by atoms with E-state index in [9.17, 15) is 94.6 Å². The van der Waals surface area contributed by atoms with Gasteiger partial charge in [-0.2, -0.15) is 21.9 Å². The van der Waals surface area contributed by atoms with Gasteiger partial charge in [-0.3, -0.25) is 57.5 Å². The van der Waals surface area contributed by atoms with Crippen molar-refractivity contribution in [3.63, 3.8) is 0 Å². The Hall–Kier alpha value is -10.6. The van der Waals surface area contributed by atoms with E-state index in [4.69, 9.17) is 24.3 Å². The predicted octanol–water partition coefficient (Wildman–Crippen LogP) is 5.42. The number of carbonyl (C=O) groups is 9. The number of thiazole rings is 1. The molecule has 4 saturated carbocycles. The molecule has 40 heteroatoms. The van der Waals surface area contributed by atoms with Crippen LogP contribution in [0.4, 0.5) is 21.4 Å². The van der Waals surface area contributed by atoms with Gasteiger partial charge in [0, 0.05) is 79.5 Å². The minimum Gasteiger partial charge on any atom is -0.479 e. The summed E-state index contributed by atoms with van der Waals surface area (Å²) in [5.41, 5.74) is 3.77. The van der Waals surface area contributed by atoms with E-state index in [1.165, 1.54) is 47.3 Å². The molecule has 3 aliphatic heterocycles. The Morgan fingerprint density at radius 3 is 2.26 bits per heavy atom. The largest absolute Gasteiger partial charge is 0.479 e. The van der Waals surface area contributed by atoms with Crippen LogP contribution >= 0.6 is 11.3 Å². The van der Waals surface area contributed by atoms with Gasteiger partial charge in [-0.25, -0.2) is 24.4 Å². The number of rotatable bonds is 34. The van der Waals surface area contributed by atoms with Gasteiger partial charge in [0.05, 0.1) is 64.9 Å². The standard InChI is InChI=1S/C81H96N14O23S3/c1-44(2)64(87-61(96)32-57(95-62(97)21-22-63(95)98)56-35-93(90-89-56)24-10-29-120(110,111)112)72(104)83-45(3)70(102)84-50-17-15-49(48(31-50)16-19-58-66(99)67(100)68(101)69(118-58)74(107)108)36-116-76(109)91(27-30-121(113,114)115)26-28-117-80-38-77(5)37-78(6)40-79(41-80,81(78,39-77)42-80)43-94-46(4)53(33-82-94)51-18-20-60(86-65(51)73(105)106)92-25-23-47-11-9-12-52(54(47)34-92)71(103)88-75-85-55-13-7-8-14-59(55)119-75/h7-9,11-15,17-18,20-22,31,33,35,44-45,57-58,64,66-69,99-101H,10,16,19,23-30,32,34,36-43H2,1-6H3,(H,83,104)(H,84,102)(H,87,96)(H,105,106)(H,107,108)(H,85,88,103)(H,110,111,112)(H,113,114,115)/t45-,57?,58-,64-,66-,67+,68-,69-,77?,78?,79?,80?,81?/m0/s1. The van der Waals surface area contributed by atoms with Gasteiger partial charge in [-0.1, -0.05) is 74.6 Å². The minimum atomic E-state index is -4.67. The lowest BCUT2D eigenvalue weighted by atomic mass is 9.39. The molecule has 0 radical (unpaired) electrons. The molecule has 7 aliphatic rings.